The Bertz CT molecular complexity index is 937. The molecule has 0 saturated carbocycles. The number of thiazole rings is 2. The Kier molecular flexibility index (Phi) is 7.56. The molecular weight excluding hydrogens is 428 g/mol. The third kappa shape index (κ3) is 5.91. The number of nitrogens with zero attached hydrogens (tertiary/aromatic N) is 2. The molecule has 0 saturated heterocycles. The first-order valence-corrected chi connectivity index (χ1v) is 9.60. The molecule has 0 unspecified atom stereocenters. The molecule has 0 atom stereocenters. The molecule has 2 heterocycles. The van der Waals surface area contributed by atoms with Crippen molar-refractivity contribution in [3.8, 4) is 0 Å². The largest absolute Gasteiger partial charge is 0.513 e. The van der Waals surface area contributed by atoms with Crippen LogP contribution in [-0.4, -0.2) is 20.2 Å². The van der Waals surface area contributed by atoms with Crippen molar-refractivity contribution in [3.05, 3.63) is 70.1 Å². The normalized spacial score (nSPS) is 11.8. The van der Waals surface area contributed by atoms with Crippen molar-refractivity contribution in [1.82, 2.24) is 9.97 Å². The van der Waals surface area contributed by atoms with Crippen LogP contribution in [0.15, 0.2) is 60.0 Å². The van der Waals surface area contributed by atoms with Crippen molar-refractivity contribution in [2.75, 3.05) is 0 Å². The Morgan fingerprint density at radius 2 is 1.11 bits per heavy atom. The number of rotatable bonds is 2. The maximum absolute atomic E-state index is 9.06. The molecule has 0 aliphatic heterocycles. The van der Waals surface area contributed by atoms with Crippen LogP contribution in [0.2, 0.25) is 0 Å². The summed E-state index contributed by atoms with van der Waals surface area (Å²) in [5.41, 5.74) is 1.97. The molecule has 2 aromatic carbocycles. The van der Waals surface area contributed by atoms with E-state index in [2.05, 4.69) is 9.97 Å². The van der Waals surface area contributed by atoms with Gasteiger partial charge in [-0.25, -0.2) is 9.97 Å². The topological polar surface area (TPSA) is 66.2 Å². The monoisotopic (exact) mass is 445 g/mol. The fraction of sp³-hybridized carbons (Fsp3) is 0.100. The summed E-state index contributed by atoms with van der Waals surface area (Å²) in [6, 6.07) is 15.9. The minimum atomic E-state index is 0. The fourth-order valence-corrected chi connectivity index (χ4v) is 4.19. The standard InChI is InChI=1S/2C10H9NOS.Cu/c2*1-7(12)6-10-11-8-4-2-3-5-9(8)13-10;/h2*2-6,12H,1H3;. The Labute approximate surface area is 176 Å². The van der Waals surface area contributed by atoms with Crippen LogP contribution in [0.5, 0.6) is 0 Å². The van der Waals surface area contributed by atoms with Crippen molar-refractivity contribution >= 4 is 55.3 Å². The summed E-state index contributed by atoms with van der Waals surface area (Å²) >= 11 is 3.16. The van der Waals surface area contributed by atoms with Gasteiger partial charge in [0.25, 0.3) is 0 Å². The molecule has 143 valence electrons. The second-order valence-corrected chi connectivity index (χ2v) is 7.74. The third-order valence-electron chi connectivity index (χ3n) is 3.29. The van der Waals surface area contributed by atoms with Crippen molar-refractivity contribution in [3.63, 3.8) is 0 Å². The van der Waals surface area contributed by atoms with Gasteiger partial charge in [-0.3, -0.25) is 0 Å². The molecule has 2 N–H and O–H groups in total. The molecule has 27 heavy (non-hydrogen) atoms. The van der Waals surface area contributed by atoms with Gasteiger partial charge >= 0.3 is 0 Å². The van der Waals surface area contributed by atoms with Gasteiger partial charge in [0.15, 0.2) is 0 Å². The summed E-state index contributed by atoms with van der Waals surface area (Å²) in [5, 5.41) is 19.8. The van der Waals surface area contributed by atoms with Crippen LogP contribution >= 0.6 is 22.7 Å². The van der Waals surface area contributed by atoms with Gasteiger partial charge in [-0.2, -0.15) is 0 Å². The molecule has 4 aromatic rings. The molecule has 1 radical (unpaired) electrons. The zero-order chi connectivity index (χ0) is 18.5. The number of benzene rings is 2. The van der Waals surface area contributed by atoms with E-state index in [0.717, 1.165) is 30.4 Å². The number of aliphatic hydroxyl groups excluding tert-OH is 2. The average Bonchev–Trinajstić information content (AvgIpc) is 3.16. The Hall–Kier alpha value is -2.18. The summed E-state index contributed by atoms with van der Waals surface area (Å²) in [7, 11) is 0. The maximum atomic E-state index is 9.06. The van der Waals surface area contributed by atoms with Gasteiger partial charge in [0, 0.05) is 29.2 Å². The van der Waals surface area contributed by atoms with E-state index in [4.69, 9.17) is 10.2 Å². The average molecular weight is 446 g/mol. The van der Waals surface area contributed by atoms with E-state index in [-0.39, 0.29) is 17.1 Å². The first kappa shape index (κ1) is 21.1. The number of allylic oxidation sites excluding steroid dienone is 2. The summed E-state index contributed by atoms with van der Waals surface area (Å²) in [4.78, 5) is 8.67. The maximum Gasteiger partial charge on any atom is 0.120 e. The van der Waals surface area contributed by atoms with Gasteiger partial charge in [-0.05, 0) is 38.1 Å². The SMILES string of the molecule is CC(O)=Cc1nc2ccccc2s1.CC(O)=Cc1nc2ccccc2s1.[Cu]. The van der Waals surface area contributed by atoms with E-state index >= 15 is 0 Å². The minimum Gasteiger partial charge on any atom is -0.513 e. The molecule has 0 amide bonds. The summed E-state index contributed by atoms with van der Waals surface area (Å²) in [6.45, 7) is 3.29. The van der Waals surface area contributed by atoms with Crippen molar-refractivity contribution in [2.45, 2.75) is 13.8 Å². The number of aliphatic hydroxyl groups is 2. The quantitative estimate of drug-likeness (QED) is 0.275. The third-order valence-corrected chi connectivity index (χ3v) is 5.25. The smallest absolute Gasteiger partial charge is 0.120 e. The molecule has 0 fully saturated rings. The van der Waals surface area contributed by atoms with E-state index in [1.165, 1.54) is 0 Å². The number of fused-ring (bicyclic) bond motifs is 2. The fourth-order valence-electron chi connectivity index (χ4n) is 2.26. The second kappa shape index (κ2) is 9.67. The minimum absolute atomic E-state index is 0. The van der Waals surface area contributed by atoms with E-state index in [9.17, 15) is 0 Å². The van der Waals surface area contributed by atoms with Gasteiger partial charge in [0.1, 0.15) is 10.0 Å². The van der Waals surface area contributed by atoms with Crippen LogP contribution in [0.4, 0.5) is 0 Å². The molecule has 0 bridgehead atoms. The summed E-state index contributed by atoms with van der Waals surface area (Å²) in [5.74, 6) is 0.582. The van der Waals surface area contributed by atoms with Gasteiger partial charge in [0.05, 0.1) is 32.0 Å². The van der Waals surface area contributed by atoms with Gasteiger partial charge < -0.3 is 10.2 Å². The second-order valence-electron chi connectivity index (χ2n) is 5.61. The van der Waals surface area contributed by atoms with Crippen molar-refractivity contribution < 1.29 is 27.3 Å². The molecule has 2 aromatic heterocycles. The predicted octanol–water partition coefficient (Wildman–Crippen LogP) is 6.43. The zero-order valence-corrected chi connectivity index (χ0v) is 17.3. The van der Waals surface area contributed by atoms with Crippen molar-refractivity contribution in [2.24, 2.45) is 0 Å². The zero-order valence-electron chi connectivity index (χ0n) is 14.7. The molecule has 4 rings (SSSR count). The van der Waals surface area contributed by atoms with Crippen LogP contribution < -0.4 is 0 Å². The van der Waals surface area contributed by atoms with Crippen molar-refractivity contribution in [1.29, 1.82) is 0 Å². The molecule has 4 nitrogen and oxygen atoms in total. The number of aromatic nitrogens is 2. The Morgan fingerprint density at radius 1 is 0.741 bits per heavy atom. The molecular formula is C20H18CuN2O2S2. The first-order chi connectivity index (χ1) is 12.5. The van der Waals surface area contributed by atoms with Crippen LogP contribution in [0, 0.1) is 0 Å². The van der Waals surface area contributed by atoms with Crippen LogP contribution in [-0.2, 0) is 17.1 Å². The summed E-state index contributed by atoms with van der Waals surface area (Å²) < 4.78 is 2.30. The van der Waals surface area contributed by atoms with E-state index < -0.39 is 0 Å². The first-order valence-electron chi connectivity index (χ1n) is 7.97. The van der Waals surface area contributed by atoms with Gasteiger partial charge in [-0.1, -0.05) is 24.3 Å². The number of hydrogen-bond acceptors (Lipinski definition) is 6. The Morgan fingerprint density at radius 3 is 1.44 bits per heavy atom. The number of hydrogen-bond donors (Lipinski definition) is 2. The molecule has 0 aliphatic carbocycles. The molecule has 0 aliphatic rings. The summed E-state index contributed by atoms with van der Waals surface area (Å²) in [6.07, 6.45) is 3.34. The van der Waals surface area contributed by atoms with E-state index in [1.807, 2.05) is 48.5 Å². The predicted molar refractivity (Wildman–Crippen MR) is 112 cm³/mol. The van der Waals surface area contributed by atoms with Crippen LogP contribution in [0.1, 0.15) is 23.9 Å². The van der Waals surface area contributed by atoms with Crippen LogP contribution in [0.3, 0.4) is 0 Å². The van der Waals surface area contributed by atoms with Crippen LogP contribution in [0.25, 0.3) is 32.6 Å². The molecule has 7 heteroatoms. The van der Waals surface area contributed by atoms with E-state index in [0.29, 0.717) is 11.5 Å². The molecule has 0 spiro atoms. The van der Waals surface area contributed by atoms with E-state index in [1.54, 1.807) is 48.7 Å². The van der Waals surface area contributed by atoms with Gasteiger partial charge in [0.2, 0.25) is 0 Å². The Balaban J connectivity index is 0.000000187. The number of para-hydroxylation sites is 2. The van der Waals surface area contributed by atoms with Gasteiger partial charge in [-0.15, -0.1) is 22.7 Å².